The largest absolute Gasteiger partial charge is 0.550 e. The topological polar surface area (TPSA) is 161 Å². The Hall–Kier alpha value is -1.73. The molecule has 9 nitrogen and oxygen atoms in total. The molecule has 90 valence electrons. The van der Waals surface area contributed by atoms with E-state index in [0.29, 0.717) is 0 Å². The normalized spacial score (nSPS) is 13.6. The van der Waals surface area contributed by atoms with Gasteiger partial charge < -0.3 is 29.4 Å². The van der Waals surface area contributed by atoms with Crippen molar-refractivity contribution in [3.8, 4) is 0 Å². The molecule has 0 aromatic heterocycles. The molecule has 0 amide bonds. The molecule has 0 heterocycles. The number of aliphatic carboxylic acids is 2. The van der Waals surface area contributed by atoms with Crippen LogP contribution < -0.4 is 10.2 Å². The summed E-state index contributed by atoms with van der Waals surface area (Å²) in [5.74, 6) is -5.83. The van der Waals surface area contributed by atoms with Gasteiger partial charge in [0.1, 0.15) is 5.60 Å². The number of hydrogen-bond acceptors (Lipinski definition) is 9. The first-order valence-electron chi connectivity index (χ1n) is 3.66. The molecule has 0 radical (unpaired) electrons. The summed E-state index contributed by atoms with van der Waals surface area (Å²) < 4.78 is 23.3. The van der Waals surface area contributed by atoms with Gasteiger partial charge in [-0.1, -0.05) is 0 Å². The van der Waals surface area contributed by atoms with Crippen LogP contribution in [0.3, 0.4) is 0 Å². The lowest BCUT2D eigenvalue weighted by molar-refractivity contribution is -0.333. The molecule has 1 atom stereocenters. The van der Waals surface area contributed by atoms with Crippen LogP contribution in [-0.2, 0) is 28.0 Å². The lowest BCUT2D eigenvalue weighted by atomic mass is 9.96. The number of carboxylic acids is 2. The third kappa shape index (κ3) is 4.67. The highest BCUT2D eigenvalue weighted by Crippen LogP contribution is 2.18. The second kappa shape index (κ2) is 5.38. The van der Waals surface area contributed by atoms with Crippen molar-refractivity contribution in [3.05, 3.63) is 0 Å². The molecule has 0 aliphatic rings. The van der Waals surface area contributed by atoms with Crippen LogP contribution in [0.15, 0.2) is 0 Å². The van der Waals surface area contributed by atoms with Crippen molar-refractivity contribution in [2.75, 3.05) is 0 Å². The van der Waals surface area contributed by atoms with Gasteiger partial charge in [0.05, 0.1) is 12.4 Å². The lowest BCUT2D eigenvalue weighted by Gasteiger charge is -2.27. The Morgan fingerprint density at radius 1 is 1.19 bits per heavy atom. The summed E-state index contributed by atoms with van der Waals surface area (Å²) in [4.78, 5) is 31.1. The highest BCUT2D eigenvalue weighted by atomic mass is 31.1. The first-order chi connectivity index (χ1) is 7.17. The van der Waals surface area contributed by atoms with Crippen LogP contribution in [0.25, 0.3) is 0 Å². The van der Waals surface area contributed by atoms with Crippen LogP contribution >= 0.6 is 7.91 Å². The summed E-state index contributed by atoms with van der Waals surface area (Å²) in [5, 5.41) is 29.6. The fourth-order valence-electron chi connectivity index (χ4n) is 0.800. The van der Waals surface area contributed by atoms with Crippen LogP contribution in [0.4, 0.5) is 0 Å². The molecular formula is C6H5O9P-2. The Bertz CT molecular complexity index is 375. The zero-order valence-electron chi connectivity index (χ0n) is 7.57. The van der Waals surface area contributed by atoms with Gasteiger partial charge >= 0.3 is 13.9 Å². The van der Waals surface area contributed by atoms with Gasteiger partial charge in [0, 0.05) is 12.4 Å². The van der Waals surface area contributed by atoms with E-state index in [-0.39, 0.29) is 0 Å². The van der Waals surface area contributed by atoms with Crippen molar-refractivity contribution in [1.29, 1.82) is 0 Å². The molecule has 0 fully saturated rings. The second-order valence-electron chi connectivity index (χ2n) is 2.73. The lowest BCUT2D eigenvalue weighted by Crippen LogP contribution is -2.52. The average molecular weight is 252 g/mol. The molecule has 0 aromatic rings. The minimum Gasteiger partial charge on any atom is -0.550 e. The minimum atomic E-state index is -3.57. The first-order valence-corrected chi connectivity index (χ1v) is 4.76. The van der Waals surface area contributed by atoms with Gasteiger partial charge in [-0.2, -0.15) is 9.13 Å². The fourth-order valence-corrected chi connectivity index (χ4v) is 1.03. The van der Waals surface area contributed by atoms with E-state index in [9.17, 15) is 33.7 Å². The number of aliphatic hydroxyl groups is 1. The quantitative estimate of drug-likeness (QED) is 0.475. The van der Waals surface area contributed by atoms with Crippen molar-refractivity contribution >= 4 is 25.8 Å². The first kappa shape index (κ1) is 14.3. The Morgan fingerprint density at radius 3 is 2.00 bits per heavy atom. The summed E-state index contributed by atoms with van der Waals surface area (Å²) in [6, 6.07) is 0. The van der Waals surface area contributed by atoms with Crippen molar-refractivity contribution in [2.24, 2.45) is 0 Å². The maximum atomic E-state index is 10.7. The molecule has 0 aliphatic heterocycles. The van der Waals surface area contributed by atoms with Gasteiger partial charge in [-0.05, 0) is 0 Å². The number of hydrogen-bond donors (Lipinski definition) is 1. The number of carbonyl (C=O) groups excluding carboxylic acids is 3. The molecule has 0 saturated heterocycles. The van der Waals surface area contributed by atoms with Crippen molar-refractivity contribution in [2.45, 2.75) is 18.4 Å². The summed E-state index contributed by atoms with van der Waals surface area (Å²) in [5.41, 5.74) is -3.07. The Kier molecular flexibility index (Phi) is 4.80. The fraction of sp³-hybridized carbons (Fsp3) is 0.500. The highest BCUT2D eigenvalue weighted by molar-refractivity contribution is 7.25. The van der Waals surface area contributed by atoms with E-state index in [2.05, 4.69) is 4.52 Å². The van der Waals surface area contributed by atoms with E-state index in [1.807, 2.05) is 0 Å². The molecule has 16 heavy (non-hydrogen) atoms. The van der Waals surface area contributed by atoms with Crippen LogP contribution in [0, 0.1) is 0 Å². The smallest absolute Gasteiger partial charge is 0.531 e. The van der Waals surface area contributed by atoms with E-state index in [1.54, 1.807) is 0 Å². The number of carboxylic acid groups (broad SMARTS) is 2. The van der Waals surface area contributed by atoms with E-state index < -0.39 is 44.3 Å². The van der Waals surface area contributed by atoms with E-state index in [1.165, 1.54) is 0 Å². The number of rotatable bonds is 6. The third-order valence-corrected chi connectivity index (χ3v) is 1.78. The SMILES string of the molecule is O=C([O-])CC(O)(CC(=O)OP(=O)=O)C(=O)[O-]. The van der Waals surface area contributed by atoms with Crippen molar-refractivity contribution in [3.63, 3.8) is 0 Å². The molecule has 0 spiro atoms. The molecule has 1 unspecified atom stereocenters. The summed E-state index contributed by atoms with van der Waals surface area (Å²) in [7, 11) is -3.57. The van der Waals surface area contributed by atoms with Gasteiger partial charge in [0.15, 0.2) is 0 Å². The summed E-state index contributed by atoms with van der Waals surface area (Å²) in [6.07, 6.45) is -2.81. The van der Waals surface area contributed by atoms with Crippen LogP contribution in [0.2, 0.25) is 0 Å². The molecule has 0 aromatic carbocycles. The van der Waals surface area contributed by atoms with E-state index in [0.717, 1.165) is 0 Å². The predicted octanol–water partition coefficient (Wildman–Crippen LogP) is -3.37. The number of carbonyl (C=O) groups is 3. The van der Waals surface area contributed by atoms with Crippen molar-refractivity contribution in [1.82, 2.24) is 0 Å². The van der Waals surface area contributed by atoms with E-state index >= 15 is 0 Å². The zero-order valence-corrected chi connectivity index (χ0v) is 8.47. The van der Waals surface area contributed by atoms with Crippen LogP contribution in [-0.4, -0.2) is 28.6 Å². The summed E-state index contributed by atoms with van der Waals surface area (Å²) in [6.45, 7) is 0. The molecular weight excluding hydrogens is 247 g/mol. The van der Waals surface area contributed by atoms with Gasteiger partial charge in [-0.15, -0.1) is 0 Å². The second-order valence-corrected chi connectivity index (χ2v) is 3.36. The monoisotopic (exact) mass is 252 g/mol. The molecule has 0 aliphatic carbocycles. The zero-order chi connectivity index (χ0) is 12.9. The standard InChI is InChI=1S/C6H7O9P/c7-3(8)1-6(12,5(10)11)2-4(9)15-16(13)14/h12H,1-2H2,(H,7,8)(H,10,11)/p-2. The molecule has 10 heteroatoms. The highest BCUT2D eigenvalue weighted by Gasteiger charge is 2.33. The third-order valence-electron chi connectivity index (χ3n) is 1.43. The van der Waals surface area contributed by atoms with Crippen molar-refractivity contribution < 1.29 is 43.4 Å². The summed E-state index contributed by atoms with van der Waals surface area (Å²) >= 11 is 0. The molecule has 0 bridgehead atoms. The predicted molar refractivity (Wildman–Crippen MR) is 38.6 cm³/mol. The Balaban J connectivity index is 4.74. The van der Waals surface area contributed by atoms with Gasteiger partial charge in [0.25, 0.3) is 0 Å². The van der Waals surface area contributed by atoms with Gasteiger partial charge in [-0.25, -0.2) is 0 Å². The van der Waals surface area contributed by atoms with Crippen LogP contribution in [0.5, 0.6) is 0 Å². The van der Waals surface area contributed by atoms with Gasteiger partial charge in [0.2, 0.25) is 0 Å². The maximum absolute atomic E-state index is 10.7. The Morgan fingerprint density at radius 2 is 1.69 bits per heavy atom. The molecule has 1 N–H and O–H groups in total. The van der Waals surface area contributed by atoms with Gasteiger partial charge in [-0.3, -0.25) is 4.79 Å². The Labute approximate surface area is 88.5 Å². The average Bonchev–Trinajstić information content (AvgIpc) is 1.98. The maximum Gasteiger partial charge on any atom is 0.531 e. The molecule has 0 rings (SSSR count). The van der Waals surface area contributed by atoms with Crippen LogP contribution in [0.1, 0.15) is 12.8 Å². The van der Waals surface area contributed by atoms with E-state index in [4.69, 9.17) is 5.11 Å². The molecule has 0 saturated carbocycles. The minimum absolute atomic E-state index is 1.38.